The van der Waals surface area contributed by atoms with Crippen LogP contribution in [0.1, 0.15) is 24.1 Å². The first-order chi connectivity index (χ1) is 10.1. The standard InChI is InChI=1S/C16H16BrClFNO/c1-3-21-15-7-5-11(17)9-12(15)16(20-2)10-4-6-13(18)14(19)8-10/h4-9,16,20H,3H2,1-2H3. The van der Waals surface area contributed by atoms with Crippen LogP contribution >= 0.6 is 27.5 Å². The third-order valence-corrected chi connectivity index (χ3v) is 3.95. The van der Waals surface area contributed by atoms with Gasteiger partial charge in [-0.3, -0.25) is 0 Å². The van der Waals surface area contributed by atoms with Crippen molar-refractivity contribution in [1.82, 2.24) is 5.32 Å². The highest BCUT2D eigenvalue weighted by atomic mass is 79.9. The molecule has 1 atom stereocenters. The molecule has 0 aliphatic rings. The zero-order valence-corrected chi connectivity index (χ0v) is 14.1. The highest BCUT2D eigenvalue weighted by Gasteiger charge is 2.18. The first-order valence-corrected chi connectivity index (χ1v) is 7.78. The lowest BCUT2D eigenvalue weighted by Crippen LogP contribution is -2.19. The quantitative estimate of drug-likeness (QED) is 0.802. The summed E-state index contributed by atoms with van der Waals surface area (Å²) >= 11 is 9.22. The van der Waals surface area contributed by atoms with Crippen molar-refractivity contribution < 1.29 is 9.13 Å². The summed E-state index contributed by atoms with van der Waals surface area (Å²) in [6.45, 7) is 2.50. The number of hydrogen-bond donors (Lipinski definition) is 1. The summed E-state index contributed by atoms with van der Waals surface area (Å²) in [4.78, 5) is 0. The minimum atomic E-state index is -0.428. The molecule has 0 aliphatic carbocycles. The lowest BCUT2D eigenvalue weighted by atomic mass is 9.98. The largest absolute Gasteiger partial charge is 0.494 e. The van der Waals surface area contributed by atoms with E-state index in [4.69, 9.17) is 16.3 Å². The molecule has 5 heteroatoms. The van der Waals surface area contributed by atoms with E-state index >= 15 is 0 Å². The maximum Gasteiger partial charge on any atom is 0.142 e. The van der Waals surface area contributed by atoms with Gasteiger partial charge in [0.25, 0.3) is 0 Å². The number of halogens is 3. The molecule has 1 N–H and O–H groups in total. The highest BCUT2D eigenvalue weighted by Crippen LogP contribution is 2.33. The van der Waals surface area contributed by atoms with E-state index in [2.05, 4.69) is 21.2 Å². The molecular formula is C16H16BrClFNO. The van der Waals surface area contributed by atoms with Gasteiger partial charge in [0.2, 0.25) is 0 Å². The molecular weight excluding hydrogens is 357 g/mol. The van der Waals surface area contributed by atoms with Gasteiger partial charge in [0.1, 0.15) is 11.6 Å². The Morgan fingerprint density at radius 1 is 1.29 bits per heavy atom. The van der Waals surface area contributed by atoms with Crippen LogP contribution in [0.5, 0.6) is 5.75 Å². The first-order valence-electron chi connectivity index (χ1n) is 6.61. The summed E-state index contributed by atoms with van der Waals surface area (Å²) < 4.78 is 20.3. The number of rotatable bonds is 5. The van der Waals surface area contributed by atoms with Crippen molar-refractivity contribution in [2.45, 2.75) is 13.0 Å². The molecule has 0 heterocycles. The second-order valence-corrected chi connectivity index (χ2v) is 5.83. The van der Waals surface area contributed by atoms with Crippen molar-refractivity contribution >= 4 is 27.5 Å². The Morgan fingerprint density at radius 2 is 2.05 bits per heavy atom. The lowest BCUT2D eigenvalue weighted by Gasteiger charge is -2.21. The van der Waals surface area contributed by atoms with E-state index in [1.54, 1.807) is 6.07 Å². The Kier molecular flexibility index (Phi) is 5.62. The van der Waals surface area contributed by atoms with Crippen LogP contribution in [-0.2, 0) is 0 Å². The van der Waals surface area contributed by atoms with Crippen LogP contribution in [0, 0.1) is 5.82 Å². The molecule has 0 saturated carbocycles. The third-order valence-electron chi connectivity index (χ3n) is 3.15. The Balaban J connectivity index is 2.49. The number of benzene rings is 2. The minimum absolute atomic E-state index is 0.118. The SMILES string of the molecule is CCOc1ccc(Br)cc1C(NC)c1ccc(Cl)c(F)c1. The second kappa shape index (κ2) is 7.25. The van der Waals surface area contributed by atoms with Gasteiger partial charge >= 0.3 is 0 Å². The topological polar surface area (TPSA) is 21.3 Å². The zero-order valence-electron chi connectivity index (χ0n) is 11.8. The molecule has 0 saturated heterocycles. The number of ether oxygens (including phenoxy) is 1. The van der Waals surface area contributed by atoms with E-state index in [0.717, 1.165) is 21.3 Å². The Morgan fingerprint density at radius 3 is 2.67 bits per heavy atom. The molecule has 0 aromatic heterocycles. The number of hydrogen-bond acceptors (Lipinski definition) is 2. The molecule has 1 unspecified atom stereocenters. The van der Waals surface area contributed by atoms with Gasteiger partial charge in [-0.1, -0.05) is 33.6 Å². The van der Waals surface area contributed by atoms with Gasteiger partial charge < -0.3 is 10.1 Å². The van der Waals surface area contributed by atoms with Crippen LogP contribution < -0.4 is 10.1 Å². The van der Waals surface area contributed by atoms with Gasteiger partial charge in [-0.2, -0.15) is 0 Å². The third kappa shape index (κ3) is 3.76. The molecule has 2 nitrogen and oxygen atoms in total. The van der Waals surface area contributed by atoms with E-state index in [9.17, 15) is 4.39 Å². The van der Waals surface area contributed by atoms with Crippen molar-refractivity contribution in [3.8, 4) is 5.75 Å². The minimum Gasteiger partial charge on any atom is -0.494 e. The fourth-order valence-electron chi connectivity index (χ4n) is 2.23. The normalized spacial score (nSPS) is 12.2. The monoisotopic (exact) mass is 371 g/mol. The average Bonchev–Trinajstić information content (AvgIpc) is 2.46. The van der Waals surface area contributed by atoms with E-state index in [-0.39, 0.29) is 11.1 Å². The molecule has 0 fully saturated rings. The smallest absolute Gasteiger partial charge is 0.142 e. The average molecular weight is 373 g/mol. The predicted molar refractivity (Wildman–Crippen MR) is 87.6 cm³/mol. The lowest BCUT2D eigenvalue weighted by molar-refractivity contribution is 0.334. The van der Waals surface area contributed by atoms with E-state index in [1.807, 2.05) is 38.2 Å². The van der Waals surface area contributed by atoms with Crippen molar-refractivity contribution in [2.24, 2.45) is 0 Å². The number of nitrogens with one attached hydrogen (secondary N) is 1. The Bertz CT molecular complexity index is 636. The summed E-state index contributed by atoms with van der Waals surface area (Å²) in [5, 5.41) is 3.32. The van der Waals surface area contributed by atoms with Crippen LogP contribution in [0.4, 0.5) is 4.39 Å². The van der Waals surface area contributed by atoms with Crippen LogP contribution in [0.25, 0.3) is 0 Å². The maximum atomic E-state index is 13.7. The Hall–Kier alpha value is -1.10. The van der Waals surface area contributed by atoms with Crippen molar-refractivity contribution in [2.75, 3.05) is 13.7 Å². The molecule has 0 bridgehead atoms. The van der Waals surface area contributed by atoms with Gasteiger partial charge in [-0.15, -0.1) is 0 Å². The zero-order chi connectivity index (χ0) is 15.4. The van der Waals surface area contributed by atoms with Crippen LogP contribution in [-0.4, -0.2) is 13.7 Å². The molecule has 2 aromatic carbocycles. The van der Waals surface area contributed by atoms with Crippen LogP contribution in [0.15, 0.2) is 40.9 Å². The summed E-state index contributed by atoms with van der Waals surface area (Å²) in [5.41, 5.74) is 1.73. The van der Waals surface area contributed by atoms with Crippen molar-refractivity contribution in [3.05, 3.63) is 62.8 Å². The summed E-state index contributed by atoms with van der Waals surface area (Å²) in [5.74, 6) is 0.345. The summed E-state index contributed by atoms with van der Waals surface area (Å²) in [6, 6.07) is 10.4. The van der Waals surface area contributed by atoms with Gasteiger partial charge in [0, 0.05) is 10.0 Å². The van der Waals surface area contributed by atoms with Gasteiger partial charge in [-0.25, -0.2) is 4.39 Å². The van der Waals surface area contributed by atoms with Crippen LogP contribution in [0.3, 0.4) is 0 Å². The van der Waals surface area contributed by atoms with E-state index in [1.165, 1.54) is 6.07 Å². The Labute approximate surface area is 137 Å². The first kappa shape index (κ1) is 16.3. The second-order valence-electron chi connectivity index (χ2n) is 4.51. The fourth-order valence-corrected chi connectivity index (χ4v) is 2.72. The summed E-state index contributed by atoms with van der Waals surface area (Å²) in [7, 11) is 1.83. The molecule has 21 heavy (non-hydrogen) atoms. The van der Waals surface area contributed by atoms with Crippen molar-refractivity contribution in [3.63, 3.8) is 0 Å². The van der Waals surface area contributed by atoms with E-state index in [0.29, 0.717) is 6.61 Å². The molecule has 0 radical (unpaired) electrons. The molecule has 2 rings (SSSR count). The highest BCUT2D eigenvalue weighted by molar-refractivity contribution is 9.10. The van der Waals surface area contributed by atoms with Gasteiger partial charge in [0.05, 0.1) is 17.7 Å². The molecule has 0 amide bonds. The molecule has 0 spiro atoms. The fraction of sp³-hybridized carbons (Fsp3) is 0.250. The van der Waals surface area contributed by atoms with Gasteiger partial charge in [-0.05, 0) is 49.9 Å². The molecule has 0 aliphatic heterocycles. The van der Waals surface area contributed by atoms with Gasteiger partial charge in [0.15, 0.2) is 0 Å². The maximum absolute atomic E-state index is 13.7. The predicted octanol–water partition coefficient (Wildman–Crippen LogP) is 4.95. The van der Waals surface area contributed by atoms with E-state index < -0.39 is 5.82 Å². The molecule has 2 aromatic rings. The summed E-state index contributed by atoms with van der Waals surface area (Å²) in [6.07, 6.45) is 0. The van der Waals surface area contributed by atoms with Crippen molar-refractivity contribution in [1.29, 1.82) is 0 Å². The molecule has 112 valence electrons. The van der Waals surface area contributed by atoms with Crippen LogP contribution in [0.2, 0.25) is 5.02 Å².